The lowest BCUT2D eigenvalue weighted by atomic mass is 9.63. The van der Waals surface area contributed by atoms with E-state index in [1.54, 1.807) is 0 Å². The van der Waals surface area contributed by atoms with Crippen molar-refractivity contribution in [3.63, 3.8) is 0 Å². The first-order chi connectivity index (χ1) is 5.52. The lowest BCUT2D eigenvalue weighted by molar-refractivity contribution is -0.0770. The molecule has 1 N–H and O–H groups in total. The summed E-state index contributed by atoms with van der Waals surface area (Å²) in [6.07, 6.45) is 1.99. The Bertz CT molecular complexity index is 140. The second kappa shape index (κ2) is 3.35. The molecule has 2 nitrogen and oxygen atoms in total. The average molecular weight is 172 g/mol. The van der Waals surface area contributed by atoms with Crippen LogP contribution in [0.4, 0.5) is 0 Å². The monoisotopic (exact) mass is 172 g/mol. The largest absolute Gasteiger partial charge is 0.396 e. The summed E-state index contributed by atoms with van der Waals surface area (Å²) in [5, 5.41) is 9.42. The van der Waals surface area contributed by atoms with Crippen molar-refractivity contribution in [2.75, 3.05) is 19.8 Å². The Labute approximate surface area is 74.9 Å². The van der Waals surface area contributed by atoms with Gasteiger partial charge in [-0.05, 0) is 18.3 Å². The third-order valence-corrected chi connectivity index (χ3v) is 3.34. The Morgan fingerprint density at radius 1 is 1.25 bits per heavy atom. The van der Waals surface area contributed by atoms with Crippen molar-refractivity contribution in [1.29, 1.82) is 0 Å². The minimum absolute atomic E-state index is 0.0885. The van der Waals surface area contributed by atoms with Gasteiger partial charge >= 0.3 is 0 Å². The molecule has 0 saturated carbocycles. The molecule has 0 aromatic heterocycles. The molecule has 0 aromatic carbocycles. The van der Waals surface area contributed by atoms with Gasteiger partial charge in [0, 0.05) is 25.2 Å². The molecular weight excluding hydrogens is 152 g/mol. The highest BCUT2D eigenvalue weighted by Gasteiger charge is 2.42. The van der Waals surface area contributed by atoms with E-state index in [1.807, 2.05) is 0 Å². The maximum Gasteiger partial charge on any atom is 0.0494 e. The van der Waals surface area contributed by atoms with E-state index in [2.05, 4.69) is 20.8 Å². The fraction of sp³-hybridized carbons (Fsp3) is 1.00. The number of rotatable bonds is 1. The molecule has 0 aromatic rings. The summed E-state index contributed by atoms with van der Waals surface area (Å²) in [4.78, 5) is 0. The van der Waals surface area contributed by atoms with E-state index < -0.39 is 0 Å². The predicted molar refractivity (Wildman–Crippen MR) is 49.0 cm³/mol. The second-order valence-corrected chi connectivity index (χ2v) is 4.80. The van der Waals surface area contributed by atoms with E-state index in [-0.39, 0.29) is 10.8 Å². The van der Waals surface area contributed by atoms with Crippen LogP contribution in [0.3, 0.4) is 0 Å². The molecule has 1 aliphatic heterocycles. The fourth-order valence-electron chi connectivity index (χ4n) is 1.91. The minimum Gasteiger partial charge on any atom is -0.396 e. The van der Waals surface area contributed by atoms with E-state index in [4.69, 9.17) is 4.74 Å². The normalized spacial score (nSPS) is 24.0. The molecule has 72 valence electrons. The van der Waals surface area contributed by atoms with Crippen LogP contribution in [0.25, 0.3) is 0 Å². The zero-order chi connectivity index (χ0) is 9.24. The first-order valence-electron chi connectivity index (χ1n) is 4.70. The molecule has 1 saturated heterocycles. The lowest BCUT2D eigenvalue weighted by Crippen LogP contribution is -2.43. The van der Waals surface area contributed by atoms with Gasteiger partial charge in [0.1, 0.15) is 0 Å². The van der Waals surface area contributed by atoms with E-state index >= 15 is 0 Å². The summed E-state index contributed by atoms with van der Waals surface area (Å²) in [6.45, 7) is 8.51. The van der Waals surface area contributed by atoms with Crippen LogP contribution in [0.1, 0.15) is 33.6 Å². The van der Waals surface area contributed by atoms with Crippen LogP contribution in [-0.4, -0.2) is 24.9 Å². The smallest absolute Gasteiger partial charge is 0.0494 e. The Balaban J connectivity index is 2.73. The van der Waals surface area contributed by atoms with E-state index in [0.29, 0.717) is 6.61 Å². The molecule has 1 rings (SSSR count). The highest BCUT2D eigenvalue weighted by atomic mass is 16.5. The number of hydrogen-bond donors (Lipinski definition) is 1. The van der Waals surface area contributed by atoms with Gasteiger partial charge in [-0.15, -0.1) is 0 Å². The van der Waals surface area contributed by atoms with Crippen molar-refractivity contribution in [2.45, 2.75) is 33.6 Å². The van der Waals surface area contributed by atoms with Gasteiger partial charge in [-0.2, -0.15) is 0 Å². The molecule has 0 spiro atoms. The molecule has 0 amide bonds. The van der Waals surface area contributed by atoms with Gasteiger partial charge in [-0.3, -0.25) is 0 Å². The maximum absolute atomic E-state index is 9.42. The van der Waals surface area contributed by atoms with Crippen molar-refractivity contribution >= 4 is 0 Å². The van der Waals surface area contributed by atoms with Crippen molar-refractivity contribution in [3.8, 4) is 0 Å². The highest BCUT2D eigenvalue weighted by molar-refractivity contribution is 4.91. The van der Waals surface area contributed by atoms with Crippen molar-refractivity contribution in [3.05, 3.63) is 0 Å². The van der Waals surface area contributed by atoms with Crippen LogP contribution in [0, 0.1) is 10.8 Å². The van der Waals surface area contributed by atoms with Crippen LogP contribution in [0.2, 0.25) is 0 Å². The summed E-state index contributed by atoms with van der Waals surface area (Å²) < 4.78 is 5.31. The van der Waals surface area contributed by atoms with Gasteiger partial charge in [-0.25, -0.2) is 0 Å². The molecule has 1 heterocycles. The molecule has 1 fully saturated rings. The van der Waals surface area contributed by atoms with Crippen molar-refractivity contribution in [1.82, 2.24) is 0 Å². The minimum atomic E-state index is 0.0885. The molecular formula is C10H20O2. The van der Waals surface area contributed by atoms with E-state index in [0.717, 1.165) is 26.1 Å². The average Bonchev–Trinajstić information content (AvgIpc) is 2.04. The predicted octanol–water partition coefficient (Wildman–Crippen LogP) is 1.82. The summed E-state index contributed by atoms with van der Waals surface area (Å²) in [5.74, 6) is 0. The van der Waals surface area contributed by atoms with Crippen molar-refractivity contribution in [2.24, 2.45) is 10.8 Å². The SMILES string of the molecule is CC(C)(C)C1(CO)CCOCC1. The summed E-state index contributed by atoms with van der Waals surface area (Å²) in [6, 6.07) is 0. The van der Waals surface area contributed by atoms with Gasteiger partial charge < -0.3 is 9.84 Å². The summed E-state index contributed by atoms with van der Waals surface area (Å²) in [7, 11) is 0. The Kier molecular flexibility index (Phi) is 2.79. The Morgan fingerprint density at radius 3 is 2.00 bits per heavy atom. The van der Waals surface area contributed by atoms with Gasteiger partial charge in [0.2, 0.25) is 0 Å². The third kappa shape index (κ3) is 1.64. The molecule has 0 radical (unpaired) electrons. The van der Waals surface area contributed by atoms with E-state index in [9.17, 15) is 5.11 Å². The zero-order valence-corrected chi connectivity index (χ0v) is 8.39. The van der Waals surface area contributed by atoms with Crippen LogP contribution < -0.4 is 0 Å². The van der Waals surface area contributed by atoms with Crippen LogP contribution in [-0.2, 0) is 4.74 Å². The standard InChI is InChI=1S/C10H20O2/c1-9(2,3)10(8-11)4-6-12-7-5-10/h11H,4-8H2,1-3H3. The van der Waals surface area contributed by atoms with E-state index in [1.165, 1.54) is 0 Å². The molecule has 0 aliphatic carbocycles. The van der Waals surface area contributed by atoms with Crippen LogP contribution in [0.15, 0.2) is 0 Å². The number of aliphatic hydroxyl groups excluding tert-OH is 1. The number of hydrogen-bond acceptors (Lipinski definition) is 2. The van der Waals surface area contributed by atoms with Gasteiger partial charge in [0.05, 0.1) is 0 Å². The highest BCUT2D eigenvalue weighted by Crippen LogP contribution is 2.45. The first-order valence-corrected chi connectivity index (χ1v) is 4.70. The third-order valence-electron chi connectivity index (χ3n) is 3.34. The summed E-state index contributed by atoms with van der Waals surface area (Å²) in [5.41, 5.74) is 0.275. The Morgan fingerprint density at radius 2 is 1.75 bits per heavy atom. The van der Waals surface area contributed by atoms with Crippen LogP contribution >= 0.6 is 0 Å². The molecule has 0 bridgehead atoms. The van der Waals surface area contributed by atoms with Gasteiger partial charge in [0.25, 0.3) is 0 Å². The van der Waals surface area contributed by atoms with Gasteiger partial charge in [-0.1, -0.05) is 20.8 Å². The molecule has 1 aliphatic rings. The first kappa shape index (κ1) is 10.0. The van der Waals surface area contributed by atoms with Gasteiger partial charge in [0.15, 0.2) is 0 Å². The molecule has 0 atom stereocenters. The number of ether oxygens (including phenoxy) is 1. The fourth-order valence-corrected chi connectivity index (χ4v) is 1.91. The topological polar surface area (TPSA) is 29.5 Å². The Hall–Kier alpha value is -0.0800. The van der Waals surface area contributed by atoms with Crippen molar-refractivity contribution < 1.29 is 9.84 Å². The molecule has 2 heteroatoms. The molecule has 0 unspecified atom stereocenters. The lowest BCUT2D eigenvalue weighted by Gasteiger charge is -2.46. The quantitative estimate of drug-likeness (QED) is 0.653. The number of aliphatic hydroxyl groups is 1. The molecule has 12 heavy (non-hydrogen) atoms. The maximum atomic E-state index is 9.42. The summed E-state index contributed by atoms with van der Waals surface area (Å²) >= 11 is 0. The zero-order valence-electron chi connectivity index (χ0n) is 8.39. The van der Waals surface area contributed by atoms with Crippen LogP contribution in [0.5, 0.6) is 0 Å². The second-order valence-electron chi connectivity index (χ2n) is 4.80.